The normalized spacial score (nSPS) is 17.5. The third kappa shape index (κ3) is 1.87. The smallest absolute Gasteiger partial charge is 0.181 e. The zero-order chi connectivity index (χ0) is 8.27. The van der Waals surface area contributed by atoms with Crippen molar-refractivity contribution in [1.29, 1.82) is 0 Å². The molecular weight excluding hydrogens is 140 g/mol. The van der Waals surface area contributed by atoms with Gasteiger partial charge in [-0.2, -0.15) is 0 Å². The van der Waals surface area contributed by atoms with E-state index >= 15 is 0 Å². The van der Waals surface area contributed by atoms with Crippen molar-refractivity contribution in [1.82, 2.24) is 0 Å². The molecule has 1 aliphatic carbocycles. The summed E-state index contributed by atoms with van der Waals surface area (Å²) in [6.45, 7) is 3.36. The highest BCUT2D eigenvalue weighted by molar-refractivity contribution is 6.08. The van der Waals surface area contributed by atoms with Gasteiger partial charge >= 0.3 is 0 Å². The summed E-state index contributed by atoms with van der Waals surface area (Å²) in [5.74, 6) is -0.0560. The van der Waals surface area contributed by atoms with E-state index in [0.29, 0.717) is 12.0 Å². The highest BCUT2D eigenvalue weighted by Gasteiger charge is 2.13. The third-order valence-corrected chi connectivity index (χ3v) is 1.71. The highest BCUT2D eigenvalue weighted by Crippen LogP contribution is 2.15. The fraction of sp³-hybridized carbons (Fsp3) is 0.333. The first-order valence-corrected chi connectivity index (χ1v) is 3.64. The van der Waals surface area contributed by atoms with Gasteiger partial charge in [0.2, 0.25) is 0 Å². The van der Waals surface area contributed by atoms with Gasteiger partial charge in [-0.25, -0.2) is 0 Å². The van der Waals surface area contributed by atoms with Crippen molar-refractivity contribution in [3.63, 3.8) is 0 Å². The van der Waals surface area contributed by atoms with Crippen molar-refractivity contribution >= 4 is 11.6 Å². The number of rotatable bonds is 2. The molecule has 0 amide bonds. The Balaban J connectivity index is 2.78. The molecule has 0 heterocycles. The molecule has 2 heteroatoms. The molecule has 0 aromatic rings. The zero-order valence-electron chi connectivity index (χ0n) is 6.30. The summed E-state index contributed by atoms with van der Waals surface area (Å²) in [6.07, 6.45) is 4.78. The minimum Gasteiger partial charge on any atom is -0.295 e. The van der Waals surface area contributed by atoms with Crippen LogP contribution in [0.4, 0.5) is 0 Å². The molecule has 0 N–H and O–H groups in total. The Labute approximate surface area is 65.6 Å². The Bertz CT molecular complexity index is 236. The van der Waals surface area contributed by atoms with Crippen LogP contribution in [0.2, 0.25) is 0 Å². The Kier molecular flexibility index (Phi) is 2.36. The number of allylic oxidation sites excluding steroid dienone is 3. The van der Waals surface area contributed by atoms with Crippen molar-refractivity contribution in [2.75, 3.05) is 0 Å². The molecule has 0 atom stereocenters. The molecule has 0 saturated heterocycles. The second-order valence-electron chi connectivity index (χ2n) is 2.56. The average molecular weight is 150 g/mol. The minimum atomic E-state index is -0.113. The zero-order valence-corrected chi connectivity index (χ0v) is 6.30. The molecule has 0 unspecified atom stereocenters. The van der Waals surface area contributed by atoms with E-state index in [2.05, 4.69) is 6.58 Å². The van der Waals surface area contributed by atoms with Gasteiger partial charge in [0, 0.05) is 12.0 Å². The molecule has 0 radical (unpaired) electrons. The van der Waals surface area contributed by atoms with E-state index < -0.39 is 0 Å². The Hall–Kier alpha value is -1.18. The number of carbonyl (C=O) groups excluding carboxylic acids is 2. The lowest BCUT2D eigenvalue weighted by Gasteiger charge is -2.07. The van der Waals surface area contributed by atoms with Gasteiger partial charge in [-0.15, -0.1) is 0 Å². The van der Waals surface area contributed by atoms with E-state index in [0.717, 1.165) is 12.8 Å². The molecule has 1 rings (SSSR count). The largest absolute Gasteiger partial charge is 0.295 e. The first-order valence-electron chi connectivity index (χ1n) is 3.64. The van der Waals surface area contributed by atoms with Crippen LogP contribution >= 0.6 is 0 Å². The maximum Gasteiger partial charge on any atom is 0.181 e. The van der Waals surface area contributed by atoms with E-state index in [4.69, 9.17) is 0 Å². The van der Waals surface area contributed by atoms with E-state index in [1.54, 1.807) is 0 Å². The second kappa shape index (κ2) is 3.28. The summed E-state index contributed by atoms with van der Waals surface area (Å²) in [5.41, 5.74) is 0.608. The molecule has 11 heavy (non-hydrogen) atoms. The van der Waals surface area contributed by atoms with Crippen LogP contribution in [-0.4, -0.2) is 11.6 Å². The Morgan fingerprint density at radius 1 is 1.55 bits per heavy atom. The molecule has 0 bridgehead atoms. The molecular formula is C9H10O2. The van der Waals surface area contributed by atoms with Gasteiger partial charge in [0.05, 0.1) is 0 Å². The SMILES string of the molecule is C=CC(=O)C1=CC(=O)CCC1. The van der Waals surface area contributed by atoms with Crippen molar-refractivity contribution in [2.24, 2.45) is 0 Å². The fourth-order valence-corrected chi connectivity index (χ4v) is 1.12. The van der Waals surface area contributed by atoms with Crippen molar-refractivity contribution in [3.8, 4) is 0 Å². The second-order valence-corrected chi connectivity index (χ2v) is 2.56. The maximum absolute atomic E-state index is 11.0. The number of hydrogen-bond acceptors (Lipinski definition) is 2. The molecule has 58 valence electrons. The van der Waals surface area contributed by atoms with Gasteiger partial charge in [0.15, 0.2) is 11.6 Å². The van der Waals surface area contributed by atoms with E-state index in [9.17, 15) is 9.59 Å². The summed E-state index contributed by atoms with van der Waals surface area (Å²) >= 11 is 0. The van der Waals surface area contributed by atoms with Crippen molar-refractivity contribution in [3.05, 3.63) is 24.3 Å². The summed E-state index contributed by atoms with van der Waals surface area (Å²) < 4.78 is 0. The Morgan fingerprint density at radius 3 is 2.82 bits per heavy atom. The van der Waals surface area contributed by atoms with E-state index in [1.165, 1.54) is 12.2 Å². The van der Waals surface area contributed by atoms with Crippen LogP contribution in [0, 0.1) is 0 Å². The molecule has 0 fully saturated rings. The molecule has 0 aromatic carbocycles. The van der Waals surface area contributed by atoms with Crippen LogP contribution in [0.1, 0.15) is 19.3 Å². The van der Waals surface area contributed by atoms with Crippen LogP contribution in [0.3, 0.4) is 0 Å². The van der Waals surface area contributed by atoms with Gasteiger partial charge in [-0.1, -0.05) is 6.58 Å². The first kappa shape index (κ1) is 7.92. The summed E-state index contributed by atoms with van der Waals surface area (Å²) in [7, 11) is 0. The predicted molar refractivity (Wildman–Crippen MR) is 42.1 cm³/mol. The van der Waals surface area contributed by atoms with Gasteiger partial charge in [0.1, 0.15) is 0 Å². The van der Waals surface area contributed by atoms with E-state index in [-0.39, 0.29) is 11.6 Å². The van der Waals surface area contributed by atoms with Crippen LogP contribution in [0.25, 0.3) is 0 Å². The number of hydrogen-bond donors (Lipinski definition) is 0. The van der Waals surface area contributed by atoms with Gasteiger partial charge < -0.3 is 0 Å². The van der Waals surface area contributed by atoms with Gasteiger partial charge in [-0.3, -0.25) is 9.59 Å². The third-order valence-electron chi connectivity index (χ3n) is 1.71. The molecule has 0 spiro atoms. The van der Waals surface area contributed by atoms with Crippen LogP contribution in [-0.2, 0) is 9.59 Å². The standard InChI is InChI=1S/C9H10O2/c1-2-9(11)7-4-3-5-8(10)6-7/h2,6H,1,3-5H2. The van der Waals surface area contributed by atoms with Crippen molar-refractivity contribution in [2.45, 2.75) is 19.3 Å². The first-order chi connectivity index (χ1) is 5.24. The minimum absolute atomic E-state index is 0.0569. The number of ketones is 2. The number of carbonyl (C=O) groups is 2. The maximum atomic E-state index is 11.0. The lowest BCUT2D eigenvalue weighted by Crippen LogP contribution is -2.08. The molecule has 0 aromatic heterocycles. The average Bonchev–Trinajstić information content (AvgIpc) is 2.03. The van der Waals surface area contributed by atoms with Gasteiger partial charge in [-0.05, 0) is 25.0 Å². The van der Waals surface area contributed by atoms with Crippen LogP contribution in [0.15, 0.2) is 24.3 Å². The predicted octanol–water partition coefficient (Wildman–Crippen LogP) is 1.42. The van der Waals surface area contributed by atoms with Crippen molar-refractivity contribution < 1.29 is 9.59 Å². The summed E-state index contributed by atoms with van der Waals surface area (Å²) in [5, 5.41) is 0. The monoisotopic (exact) mass is 150 g/mol. The molecule has 2 nitrogen and oxygen atoms in total. The highest BCUT2D eigenvalue weighted by atomic mass is 16.1. The van der Waals surface area contributed by atoms with E-state index in [1.807, 2.05) is 0 Å². The molecule has 0 saturated carbocycles. The van der Waals surface area contributed by atoms with Crippen LogP contribution < -0.4 is 0 Å². The fourth-order valence-electron chi connectivity index (χ4n) is 1.12. The lowest BCUT2D eigenvalue weighted by atomic mass is 9.96. The molecule has 0 aliphatic heterocycles. The quantitative estimate of drug-likeness (QED) is 0.558. The summed E-state index contributed by atoms with van der Waals surface area (Å²) in [4.78, 5) is 21.8. The summed E-state index contributed by atoms with van der Waals surface area (Å²) in [6, 6.07) is 0. The van der Waals surface area contributed by atoms with Crippen LogP contribution in [0.5, 0.6) is 0 Å². The topological polar surface area (TPSA) is 34.1 Å². The lowest BCUT2D eigenvalue weighted by molar-refractivity contribution is -0.116. The molecule has 1 aliphatic rings. The Morgan fingerprint density at radius 2 is 2.27 bits per heavy atom. The van der Waals surface area contributed by atoms with Gasteiger partial charge in [0.25, 0.3) is 0 Å².